The molecular formula is C6H7N5. The maximum atomic E-state index is 5.57. The van der Waals surface area contributed by atoms with E-state index in [1.54, 1.807) is 6.20 Å². The molecule has 5 N–H and O–H groups in total. The van der Waals surface area contributed by atoms with Crippen LogP contribution >= 0.6 is 0 Å². The number of aromatic nitrogens is 3. The fourth-order valence-electron chi connectivity index (χ4n) is 0.979. The molecule has 5 heteroatoms. The summed E-state index contributed by atoms with van der Waals surface area (Å²) in [6.45, 7) is 0. The van der Waals surface area contributed by atoms with Crippen LogP contribution in [0.2, 0.25) is 0 Å². The zero-order valence-electron chi connectivity index (χ0n) is 5.70. The molecule has 0 fully saturated rings. The second-order valence-electron chi connectivity index (χ2n) is 2.23. The number of nitrogens with one attached hydrogen (secondary N) is 1. The quantitative estimate of drug-likeness (QED) is 0.496. The molecule has 0 radical (unpaired) electrons. The summed E-state index contributed by atoms with van der Waals surface area (Å²) in [7, 11) is 0. The van der Waals surface area contributed by atoms with Crippen LogP contribution in [-0.2, 0) is 0 Å². The molecule has 2 aromatic heterocycles. The fourth-order valence-corrected chi connectivity index (χ4v) is 0.979. The van der Waals surface area contributed by atoms with Crippen molar-refractivity contribution in [3.63, 3.8) is 0 Å². The molecule has 56 valence electrons. The smallest absolute Gasteiger partial charge is 0.151 e. The Morgan fingerprint density at radius 3 is 2.82 bits per heavy atom. The molecule has 0 unspecified atom stereocenters. The molecule has 11 heavy (non-hydrogen) atoms. The molecule has 2 heterocycles. The van der Waals surface area contributed by atoms with Crippen LogP contribution in [0.25, 0.3) is 11.0 Å². The molecule has 0 spiro atoms. The van der Waals surface area contributed by atoms with Crippen LogP contribution in [-0.4, -0.2) is 15.0 Å². The van der Waals surface area contributed by atoms with E-state index in [-0.39, 0.29) is 0 Å². The van der Waals surface area contributed by atoms with Gasteiger partial charge in [0.05, 0.1) is 5.69 Å². The first-order valence-electron chi connectivity index (χ1n) is 3.12. The van der Waals surface area contributed by atoms with Crippen LogP contribution in [0.3, 0.4) is 0 Å². The Bertz CT molecular complexity index is 391. The Labute approximate surface area is 62.4 Å². The Balaban J connectivity index is 2.94. The first kappa shape index (κ1) is 5.96. The SMILES string of the molecule is Nc1c[nH]c2c(N)ncnc12. The highest BCUT2D eigenvalue weighted by Crippen LogP contribution is 2.19. The number of nitrogens with zero attached hydrogens (tertiary/aromatic N) is 2. The minimum absolute atomic E-state index is 0.423. The van der Waals surface area contributed by atoms with Gasteiger partial charge < -0.3 is 16.5 Å². The van der Waals surface area contributed by atoms with Crippen molar-refractivity contribution < 1.29 is 0 Å². The van der Waals surface area contributed by atoms with Gasteiger partial charge in [0.2, 0.25) is 0 Å². The zero-order chi connectivity index (χ0) is 7.84. The van der Waals surface area contributed by atoms with E-state index < -0.39 is 0 Å². The van der Waals surface area contributed by atoms with Gasteiger partial charge in [-0.2, -0.15) is 0 Å². The van der Waals surface area contributed by atoms with E-state index in [1.165, 1.54) is 6.33 Å². The van der Waals surface area contributed by atoms with Gasteiger partial charge in [0.1, 0.15) is 17.4 Å². The lowest BCUT2D eigenvalue weighted by Crippen LogP contribution is -1.92. The Hall–Kier alpha value is -1.78. The maximum absolute atomic E-state index is 5.57. The standard InChI is InChI=1S/C6H7N5/c7-3-1-9-5-4(3)10-2-11-6(5)8/h1-2,9H,7H2,(H2,8,10,11). The summed E-state index contributed by atoms with van der Waals surface area (Å²) in [6, 6.07) is 0. The van der Waals surface area contributed by atoms with Crippen molar-refractivity contribution in [2.75, 3.05) is 11.5 Å². The predicted octanol–water partition coefficient (Wildman–Crippen LogP) is 0.122. The number of aromatic amines is 1. The summed E-state index contributed by atoms with van der Waals surface area (Å²) in [5.74, 6) is 0.423. The predicted molar refractivity (Wildman–Crippen MR) is 42.7 cm³/mol. The van der Waals surface area contributed by atoms with Gasteiger partial charge in [0.25, 0.3) is 0 Å². The molecule has 0 bridgehead atoms. The second kappa shape index (κ2) is 1.85. The maximum Gasteiger partial charge on any atom is 0.151 e. The summed E-state index contributed by atoms with van der Waals surface area (Å²) in [5.41, 5.74) is 13.1. The lowest BCUT2D eigenvalue weighted by molar-refractivity contribution is 1.23. The van der Waals surface area contributed by atoms with Crippen LogP contribution < -0.4 is 11.5 Å². The van der Waals surface area contributed by atoms with Gasteiger partial charge in [-0.15, -0.1) is 0 Å². The van der Waals surface area contributed by atoms with E-state index in [0.717, 1.165) is 0 Å². The first-order chi connectivity index (χ1) is 5.29. The molecular weight excluding hydrogens is 142 g/mol. The topological polar surface area (TPSA) is 93.6 Å². The van der Waals surface area contributed by atoms with Crippen LogP contribution in [0.1, 0.15) is 0 Å². The normalized spacial score (nSPS) is 10.5. The van der Waals surface area contributed by atoms with Crippen LogP contribution in [0.5, 0.6) is 0 Å². The van der Waals surface area contributed by atoms with Crippen LogP contribution in [0.15, 0.2) is 12.5 Å². The van der Waals surface area contributed by atoms with E-state index in [4.69, 9.17) is 11.5 Å². The highest BCUT2D eigenvalue weighted by atomic mass is 15.0. The van der Waals surface area contributed by atoms with E-state index in [0.29, 0.717) is 22.5 Å². The van der Waals surface area contributed by atoms with Gasteiger partial charge in [-0.3, -0.25) is 0 Å². The first-order valence-corrected chi connectivity index (χ1v) is 3.12. The third-order valence-electron chi connectivity index (χ3n) is 1.52. The monoisotopic (exact) mass is 149 g/mol. The van der Waals surface area contributed by atoms with Crippen molar-refractivity contribution in [3.8, 4) is 0 Å². The average molecular weight is 149 g/mol. The highest BCUT2D eigenvalue weighted by Gasteiger charge is 2.03. The molecule has 0 aliphatic heterocycles. The number of nitrogens with two attached hydrogens (primary N) is 2. The highest BCUT2D eigenvalue weighted by molar-refractivity contribution is 5.93. The molecule has 0 aliphatic rings. The number of nitrogen functional groups attached to an aromatic ring is 2. The van der Waals surface area contributed by atoms with Crippen molar-refractivity contribution in [1.82, 2.24) is 15.0 Å². The number of H-pyrrole nitrogens is 1. The van der Waals surface area contributed by atoms with Crippen molar-refractivity contribution in [3.05, 3.63) is 12.5 Å². The van der Waals surface area contributed by atoms with E-state index in [9.17, 15) is 0 Å². The van der Waals surface area contributed by atoms with Crippen molar-refractivity contribution in [1.29, 1.82) is 0 Å². The molecule has 0 amide bonds. The molecule has 0 atom stereocenters. The van der Waals surface area contributed by atoms with E-state index in [1.807, 2.05) is 0 Å². The van der Waals surface area contributed by atoms with Crippen LogP contribution in [0, 0.1) is 0 Å². The third-order valence-corrected chi connectivity index (χ3v) is 1.52. The Morgan fingerprint density at radius 1 is 1.27 bits per heavy atom. The number of anilines is 2. The Morgan fingerprint density at radius 2 is 2.09 bits per heavy atom. The average Bonchev–Trinajstić information content (AvgIpc) is 2.35. The lowest BCUT2D eigenvalue weighted by atomic mass is 10.4. The number of hydrogen-bond donors (Lipinski definition) is 3. The molecule has 2 rings (SSSR count). The van der Waals surface area contributed by atoms with Gasteiger partial charge >= 0.3 is 0 Å². The summed E-state index contributed by atoms with van der Waals surface area (Å²) >= 11 is 0. The zero-order valence-corrected chi connectivity index (χ0v) is 5.70. The summed E-state index contributed by atoms with van der Waals surface area (Å²) in [6.07, 6.45) is 3.04. The molecule has 5 nitrogen and oxygen atoms in total. The molecule has 0 aliphatic carbocycles. The summed E-state index contributed by atoms with van der Waals surface area (Å²) < 4.78 is 0. The second-order valence-corrected chi connectivity index (χ2v) is 2.23. The summed E-state index contributed by atoms with van der Waals surface area (Å²) in [5, 5.41) is 0. The van der Waals surface area contributed by atoms with Gasteiger partial charge in [-0.1, -0.05) is 0 Å². The van der Waals surface area contributed by atoms with Crippen molar-refractivity contribution in [2.45, 2.75) is 0 Å². The van der Waals surface area contributed by atoms with Crippen LogP contribution in [0.4, 0.5) is 11.5 Å². The van der Waals surface area contributed by atoms with Gasteiger partial charge in [-0.25, -0.2) is 9.97 Å². The van der Waals surface area contributed by atoms with Gasteiger partial charge in [-0.05, 0) is 0 Å². The number of rotatable bonds is 0. The number of fused-ring (bicyclic) bond motifs is 1. The molecule has 0 aromatic carbocycles. The molecule has 0 saturated heterocycles. The molecule has 0 saturated carbocycles. The minimum Gasteiger partial charge on any atom is -0.396 e. The van der Waals surface area contributed by atoms with Gasteiger partial charge in [0.15, 0.2) is 5.82 Å². The van der Waals surface area contributed by atoms with Gasteiger partial charge in [0, 0.05) is 6.20 Å². The van der Waals surface area contributed by atoms with Crippen molar-refractivity contribution in [2.24, 2.45) is 0 Å². The largest absolute Gasteiger partial charge is 0.396 e. The summed E-state index contributed by atoms with van der Waals surface area (Å²) in [4.78, 5) is 10.6. The third kappa shape index (κ3) is 0.706. The molecule has 2 aromatic rings. The lowest BCUT2D eigenvalue weighted by Gasteiger charge is -1.92. The number of hydrogen-bond acceptors (Lipinski definition) is 4. The van der Waals surface area contributed by atoms with E-state index in [2.05, 4.69) is 15.0 Å². The van der Waals surface area contributed by atoms with Crippen molar-refractivity contribution >= 4 is 22.5 Å². The minimum atomic E-state index is 0.423. The fraction of sp³-hybridized carbons (Fsp3) is 0. The van der Waals surface area contributed by atoms with E-state index >= 15 is 0 Å². The Kier molecular flexibility index (Phi) is 1.00.